The van der Waals surface area contributed by atoms with Crippen LogP contribution in [0, 0.1) is 0 Å². The Morgan fingerprint density at radius 3 is 2.61 bits per heavy atom. The molecule has 3 rings (SSSR count). The van der Waals surface area contributed by atoms with Crippen LogP contribution in [0.4, 0.5) is 0 Å². The van der Waals surface area contributed by atoms with Crippen LogP contribution in [0.25, 0.3) is 0 Å². The SMILES string of the molecule is O=S(=O)(NCCSCc1ccccc1)c1ccc2c(c1)CCC2. The molecule has 0 amide bonds. The molecule has 0 aliphatic heterocycles. The summed E-state index contributed by atoms with van der Waals surface area (Å²) in [6.07, 6.45) is 3.19. The molecule has 2 aromatic rings. The van der Waals surface area contributed by atoms with E-state index >= 15 is 0 Å². The summed E-state index contributed by atoms with van der Waals surface area (Å²) in [6.45, 7) is 0.455. The lowest BCUT2D eigenvalue weighted by molar-refractivity contribution is 0.584. The average Bonchev–Trinajstić information content (AvgIpc) is 3.03. The van der Waals surface area contributed by atoms with Crippen molar-refractivity contribution in [1.82, 2.24) is 4.72 Å². The zero-order valence-corrected chi connectivity index (χ0v) is 14.6. The molecule has 0 radical (unpaired) electrons. The maximum Gasteiger partial charge on any atom is 0.240 e. The van der Waals surface area contributed by atoms with E-state index in [0.717, 1.165) is 30.8 Å². The lowest BCUT2D eigenvalue weighted by atomic mass is 10.1. The van der Waals surface area contributed by atoms with Gasteiger partial charge in [0.25, 0.3) is 0 Å². The van der Waals surface area contributed by atoms with Crippen LogP contribution in [0.5, 0.6) is 0 Å². The molecule has 122 valence electrons. The van der Waals surface area contributed by atoms with Gasteiger partial charge < -0.3 is 0 Å². The summed E-state index contributed by atoms with van der Waals surface area (Å²) in [5, 5.41) is 0. The molecule has 1 N–H and O–H groups in total. The first kappa shape index (κ1) is 16.6. The first-order valence-electron chi connectivity index (χ1n) is 7.88. The molecule has 0 spiro atoms. The lowest BCUT2D eigenvalue weighted by Crippen LogP contribution is -2.26. The predicted octanol–water partition coefficient (Wildman–Crippen LogP) is 3.39. The third kappa shape index (κ3) is 4.37. The van der Waals surface area contributed by atoms with E-state index in [1.807, 2.05) is 30.3 Å². The van der Waals surface area contributed by atoms with Crippen LogP contribution in [0.3, 0.4) is 0 Å². The molecular formula is C18H21NO2S2. The molecule has 1 aliphatic carbocycles. The number of hydrogen-bond acceptors (Lipinski definition) is 3. The summed E-state index contributed by atoms with van der Waals surface area (Å²) in [7, 11) is -3.39. The predicted molar refractivity (Wildman–Crippen MR) is 96.3 cm³/mol. The fourth-order valence-corrected chi connectivity index (χ4v) is 4.84. The Morgan fingerprint density at radius 1 is 1.00 bits per heavy atom. The molecule has 0 saturated carbocycles. The van der Waals surface area contributed by atoms with E-state index < -0.39 is 10.0 Å². The summed E-state index contributed by atoms with van der Waals surface area (Å²) in [4.78, 5) is 0.395. The number of rotatable bonds is 7. The van der Waals surface area contributed by atoms with Crippen molar-refractivity contribution < 1.29 is 8.42 Å². The number of hydrogen-bond donors (Lipinski definition) is 1. The molecular weight excluding hydrogens is 326 g/mol. The van der Waals surface area contributed by atoms with Crippen LogP contribution in [-0.2, 0) is 28.6 Å². The highest BCUT2D eigenvalue weighted by Gasteiger charge is 2.17. The molecule has 1 aliphatic rings. The van der Waals surface area contributed by atoms with Gasteiger partial charge in [0.1, 0.15) is 0 Å². The zero-order valence-electron chi connectivity index (χ0n) is 13.0. The fourth-order valence-electron chi connectivity index (χ4n) is 2.81. The van der Waals surface area contributed by atoms with E-state index in [1.54, 1.807) is 17.8 Å². The van der Waals surface area contributed by atoms with Gasteiger partial charge >= 0.3 is 0 Å². The Morgan fingerprint density at radius 2 is 1.78 bits per heavy atom. The van der Waals surface area contributed by atoms with Crippen LogP contribution in [-0.4, -0.2) is 20.7 Å². The van der Waals surface area contributed by atoms with Crippen molar-refractivity contribution in [2.45, 2.75) is 29.9 Å². The zero-order chi connectivity index (χ0) is 16.1. The molecule has 0 unspecified atom stereocenters. The monoisotopic (exact) mass is 347 g/mol. The number of benzene rings is 2. The first-order valence-corrected chi connectivity index (χ1v) is 10.5. The molecule has 5 heteroatoms. The summed E-state index contributed by atoms with van der Waals surface area (Å²) >= 11 is 1.74. The second-order valence-corrected chi connectivity index (χ2v) is 8.59. The van der Waals surface area contributed by atoms with Gasteiger partial charge in [-0.2, -0.15) is 11.8 Å². The maximum absolute atomic E-state index is 12.3. The summed E-state index contributed by atoms with van der Waals surface area (Å²) in [5.74, 6) is 1.67. The average molecular weight is 348 g/mol. The third-order valence-electron chi connectivity index (χ3n) is 4.03. The minimum atomic E-state index is -3.39. The molecule has 2 aromatic carbocycles. The van der Waals surface area contributed by atoms with Gasteiger partial charge in [-0.25, -0.2) is 13.1 Å². The first-order chi connectivity index (χ1) is 11.1. The van der Waals surface area contributed by atoms with Crippen LogP contribution < -0.4 is 4.72 Å². The third-order valence-corrected chi connectivity index (χ3v) is 6.52. The topological polar surface area (TPSA) is 46.2 Å². The standard InChI is InChI=1S/C18H21NO2S2/c20-23(21,18-10-9-16-7-4-8-17(16)13-18)19-11-12-22-14-15-5-2-1-3-6-15/h1-3,5-6,9-10,13,19H,4,7-8,11-12,14H2. The van der Waals surface area contributed by atoms with E-state index in [9.17, 15) is 8.42 Å². The number of sulfonamides is 1. The highest BCUT2D eigenvalue weighted by molar-refractivity contribution is 7.98. The minimum Gasteiger partial charge on any atom is -0.210 e. The molecule has 0 aromatic heterocycles. The molecule has 0 saturated heterocycles. The quantitative estimate of drug-likeness (QED) is 0.781. The van der Waals surface area contributed by atoms with Crippen molar-refractivity contribution in [2.75, 3.05) is 12.3 Å². The van der Waals surface area contributed by atoms with Crippen LogP contribution in [0.2, 0.25) is 0 Å². The Kier molecular flexibility index (Phi) is 5.41. The molecule has 0 atom stereocenters. The van der Waals surface area contributed by atoms with E-state index in [-0.39, 0.29) is 0 Å². The van der Waals surface area contributed by atoms with Gasteiger partial charge in [-0.15, -0.1) is 0 Å². The van der Waals surface area contributed by atoms with Crippen molar-refractivity contribution in [1.29, 1.82) is 0 Å². The fraction of sp³-hybridized carbons (Fsp3) is 0.333. The highest BCUT2D eigenvalue weighted by atomic mass is 32.2. The summed E-state index contributed by atoms with van der Waals surface area (Å²) in [5.41, 5.74) is 3.74. The van der Waals surface area contributed by atoms with E-state index in [1.165, 1.54) is 16.7 Å². The summed E-state index contributed by atoms with van der Waals surface area (Å²) < 4.78 is 27.4. The van der Waals surface area contributed by atoms with E-state index in [0.29, 0.717) is 11.4 Å². The van der Waals surface area contributed by atoms with Crippen molar-refractivity contribution in [3.63, 3.8) is 0 Å². The van der Waals surface area contributed by atoms with Crippen LogP contribution >= 0.6 is 11.8 Å². The lowest BCUT2D eigenvalue weighted by Gasteiger charge is -2.08. The van der Waals surface area contributed by atoms with Crippen molar-refractivity contribution in [3.05, 3.63) is 65.2 Å². The minimum absolute atomic E-state index is 0.395. The van der Waals surface area contributed by atoms with Crippen molar-refractivity contribution >= 4 is 21.8 Å². The molecule has 23 heavy (non-hydrogen) atoms. The second-order valence-electron chi connectivity index (χ2n) is 5.72. The molecule has 0 heterocycles. The van der Waals surface area contributed by atoms with Gasteiger partial charge in [-0.1, -0.05) is 36.4 Å². The Balaban J connectivity index is 1.49. The van der Waals surface area contributed by atoms with E-state index in [4.69, 9.17) is 0 Å². The van der Waals surface area contributed by atoms with Gasteiger partial charge in [0.05, 0.1) is 4.90 Å². The normalized spacial score (nSPS) is 13.9. The Labute approximate surface area is 142 Å². The van der Waals surface area contributed by atoms with Crippen molar-refractivity contribution in [2.24, 2.45) is 0 Å². The number of aryl methyl sites for hydroxylation is 2. The second kappa shape index (κ2) is 7.51. The van der Waals surface area contributed by atoms with Gasteiger partial charge in [0.15, 0.2) is 0 Å². The van der Waals surface area contributed by atoms with E-state index in [2.05, 4.69) is 16.9 Å². The van der Waals surface area contributed by atoms with Gasteiger partial charge in [-0.05, 0) is 48.1 Å². The van der Waals surface area contributed by atoms with Gasteiger partial charge in [-0.3, -0.25) is 0 Å². The molecule has 3 nitrogen and oxygen atoms in total. The largest absolute Gasteiger partial charge is 0.240 e. The van der Waals surface area contributed by atoms with Crippen LogP contribution in [0.15, 0.2) is 53.4 Å². The van der Waals surface area contributed by atoms with Crippen LogP contribution in [0.1, 0.15) is 23.1 Å². The maximum atomic E-state index is 12.3. The Hall–Kier alpha value is -1.30. The molecule has 0 bridgehead atoms. The number of fused-ring (bicyclic) bond motifs is 1. The number of thioether (sulfide) groups is 1. The highest BCUT2D eigenvalue weighted by Crippen LogP contribution is 2.24. The number of nitrogens with one attached hydrogen (secondary N) is 1. The van der Waals surface area contributed by atoms with Gasteiger partial charge in [0, 0.05) is 18.1 Å². The Bertz CT molecular complexity index is 758. The summed E-state index contributed by atoms with van der Waals surface area (Å²) in [6, 6.07) is 15.7. The molecule has 0 fully saturated rings. The van der Waals surface area contributed by atoms with Gasteiger partial charge in [0.2, 0.25) is 10.0 Å². The smallest absolute Gasteiger partial charge is 0.210 e. The van der Waals surface area contributed by atoms with Crippen molar-refractivity contribution in [3.8, 4) is 0 Å².